The summed E-state index contributed by atoms with van der Waals surface area (Å²) < 4.78 is 2.12. The van der Waals surface area contributed by atoms with E-state index in [1.165, 1.54) is 11.3 Å². The Morgan fingerprint density at radius 2 is 2.06 bits per heavy atom. The molecule has 32 heavy (non-hydrogen) atoms. The molecule has 0 saturated heterocycles. The van der Waals surface area contributed by atoms with Crippen LogP contribution in [-0.2, 0) is 17.8 Å². The zero-order valence-corrected chi connectivity index (χ0v) is 19.1. The molecule has 1 amide bonds. The number of aryl methyl sites for hydroxylation is 1. The van der Waals surface area contributed by atoms with Gasteiger partial charge in [-0.3, -0.25) is 14.5 Å². The van der Waals surface area contributed by atoms with E-state index >= 15 is 0 Å². The Bertz CT molecular complexity index is 1130. The molecule has 2 atom stereocenters. The first-order valence-electron chi connectivity index (χ1n) is 11.6. The molecular weight excluding hydrogens is 398 g/mol. The Balaban J connectivity index is 1.33. The number of fused-ring (bicyclic) bond motifs is 1. The van der Waals surface area contributed by atoms with E-state index in [1.54, 1.807) is 6.20 Å². The SMILES string of the molecule is Cc1cnc(NC(=O)[C@@H]2CCC[C@@H](c3cccnc3)C2)cc1-c1cnn2c1CC(C)(C)C2. The van der Waals surface area contributed by atoms with Crippen LogP contribution in [0, 0.1) is 18.3 Å². The number of carbonyl (C=O) groups excluding carboxylic acids is 1. The third-order valence-electron chi connectivity index (χ3n) is 7.02. The van der Waals surface area contributed by atoms with Crippen molar-refractivity contribution in [2.45, 2.75) is 65.3 Å². The van der Waals surface area contributed by atoms with Gasteiger partial charge in [0.15, 0.2) is 0 Å². The van der Waals surface area contributed by atoms with E-state index in [1.807, 2.05) is 30.7 Å². The third-order valence-corrected chi connectivity index (χ3v) is 7.02. The second kappa shape index (κ2) is 8.15. The fraction of sp³-hybridized carbons (Fsp3) is 0.462. The second-order valence-electron chi connectivity index (χ2n) is 10.2. The maximum Gasteiger partial charge on any atom is 0.228 e. The van der Waals surface area contributed by atoms with Crippen molar-refractivity contribution in [2.24, 2.45) is 11.3 Å². The summed E-state index contributed by atoms with van der Waals surface area (Å²) >= 11 is 0. The molecule has 1 saturated carbocycles. The number of amides is 1. The van der Waals surface area contributed by atoms with Crippen molar-refractivity contribution in [2.75, 3.05) is 5.32 Å². The van der Waals surface area contributed by atoms with E-state index in [4.69, 9.17) is 0 Å². The van der Waals surface area contributed by atoms with Crippen LogP contribution in [0.3, 0.4) is 0 Å². The van der Waals surface area contributed by atoms with Gasteiger partial charge in [0.05, 0.1) is 6.20 Å². The number of nitrogens with zero attached hydrogens (tertiary/aromatic N) is 4. The van der Waals surface area contributed by atoms with Gasteiger partial charge in [0, 0.05) is 42.3 Å². The van der Waals surface area contributed by atoms with Gasteiger partial charge >= 0.3 is 0 Å². The van der Waals surface area contributed by atoms with Crippen LogP contribution >= 0.6 is 0 Å². The minimum atomic E-state index is 0.00158. The standard InChI is InChI=1S/C26H31N5O/c1-17-13-28-24(11-21(17)22-15-29-31-16-26(2,3)12-23(22)31)30-25(32)19-7-4-6-18(10-19)20-8-5-9-27-14-20/h5,8-9,11,13-15,18-19H,4,6-7,10,12,16H2,1-3H3,(H,28,30,32)/t18-,19-/m1/s1. The molecule has 1 aliphatic carbocycles. The summed E-state index contributed by atoms with van der Waals surface area (Å²) in [6, 6.07) is 6.11. The number of hydrogen-bond donors (Lipinski definition) is 1. The summed E-state index contributed by atoms with van der Waals surface area (Å²) in [7, 11) is 0. The maximum atomic E-state index is 13.1. The molecule has 0 bridgehead atoms. The summed E-state index contributed by atoms with van der Waals surface area (Å²) in [6.07, 6.45) is 12.5. The highest BCUT2D eigenvalue weighted by Crippen LogP contribution is 2.39. The van der Waals surface area contributed by atoms with Crippen LogP contribution in [0.15, 0.2) is 43.0 Å². The van der Waals surface area contributed by atoms with Crippen LogP contribution in [-0.4, -0.2) is 25.7 Å². The topological polar surface area (TPSA) is 72.7 Å². The number of pyridine rings is 2. The van der Waals surface area contributed by atoms with E-state index in [-0.39, 0.29) is 17.2 Å². The predicted molar refractivity (Wildman–Crippen MR) is 125 cm³/mol. The fourth-order valence-electron chi connectivity index (χ4n) is 5.33. The van der Waals surface area contributed by atoms with Crippen molar-refractivity contribution in [3.8, 4) is 11.1 Å². The smallest absolute Gasteiger partial charge is 0.228 e. The van der Waals surface area contributed by atoms with Gasteiger partial charge in [0.1, 0.15) is 5.82 Å². The molecule has 3 aromatic heterocycles. The van der Waals surface area contributed by atoms with Crippen molar-refractivity contribution in [3.63, 3.8) is 0 Å². The van der Waals surface area contributed by atoms with Gasteiger partial charge in [0.2, 0.25) is 5.91 Å². The van der Waals surface area contributed by atoms with Crippen LogP contribution in [0.1, 0.15) is 62.3 Å². The van der Waals surface area contributed by atoms with Gasteiger partial charge in [-0.2, -0.15) is 5.10 Å². The van der Waals surface area contributed by atoms with Gasteiger partial charge in [-0.25, -0.2) is 4.98 Å². The highest BCUT2D eigenvalue weighted by Gasteiger charge is 2.32. The quantitative estimate of drug-likeness (QED) is 0.623. The number of aromatic nitrogens is 4. The Morgan fingerprint density at radius 1 is 1.19 bits per heavy atom. The molecule has 1 fully saturated rings. The van der Waals surface area contributed by atoms with Crippen molar-refractivity contribution >= 4 is 11.7 Å². The largest absolute Gasteiger partial charge is 0.310 e. The molecule has 4 heterocycles. The molecule has 5 rings (SSSR count). The average molecular weight is 430 g/mol. The average Bonchev–Trinajstić information content (AvgIpc) is 3.30. The van der Waals surface area contributed by atoms with Crippen LogP contribution in [0.4, 0.5) is 5.82 Å². The number of rotatable bonds is 4. The lowest BCUT2D eigenvalue weighted by atomic mass is 9.78. The van der Waals surface area contributed by atoms with E-state index in [0.29, 0.717) is 11.7 Å². The lowest BCUT2D eigenvalue weighted by molar-refractivity contribution is -0.120. The molecule has 1 N–H and O–H groups in total. The van der Waals surface area contributed by atoms with Gasteiger partial charge in [-0.05, 0) is 72.8 Å². The summed E-state index contributed by atoms with van der Waals surface area (Å²) in [5.74, 6) is 1.09. The highest BCUT2D eigenvalue weighted by molar-refractivity contribution is 5.92. The van der Waals surface area contributed by atoms with Gasteiger partial charge in [0.25, 0.3) is 0 Å². The number of hydrogen-bond acceptors (Lipinski definition) is 4. The predicted octanol–water partition coefficient (Wildman–Crippen LogP) is 5.14. The van der Waals surface area contributed by atoms with Crippen molar-refractivity contribution in [1.29, 1.82) is 0 Å². The van der Waals surface area contributed by atoms with Gasteiger partial charge < -0.3 is 5.32 Å². The number of anilines is 1. The Hall–Kier alpha value is -3.02. The highest BCUT2D eigenvalue weighted by atomic mass is 16.1. The zero-order valence-electron chi connectivity index (χ0n) is 19.1. The molecule has 0 unspecified atom stereocenters. The number of nitrogens with one attached hydrogen (secondary N) is 1. The molecule has 2 aliphatic rings. The molecule has 166 valence electrons. The molecule has 0 aromatic carbocycles. The fourth-order valence-corrected chi connectivity index (χ4v) is 5.33. The van der Waals surface area contributed by atoms with Crippen LogP contribution in [0.2, 0.25) is 0 Å². The van der Waals surface area contributed by atoms with E-state index in [0.717, 1.165) is 55.3 Å². The molecule has 3 aromatic rings. The van der Waals surface area contributed by atoms with E-state index in [9.17, 15) is 4.79 Å². The van der Waals surface area contributed by atoms with Crippen LogP contribution in [0.5, 0.6) is 0 Å². The summed E-state index contributed by atoms with van der Waals surface area (Å²) in [5, 5.41) is 7.72. The molecule has 6 heteroatoms. The lowest BCUT2D eigenvalue weighted by Gasteiger charge is -2.28. The Labute approximate surface area is 189 Å². The molecule has 0 spiro atoms. The third kappa shape index (κ3) is 4.06. The van der Waals surface area contributed by atoms with E-state index < -0.39 is 0 Å². The van der Waals surface area contributed by atoms with Crippen molar-refractivity contribution < 1.29 is 4.79 Å². The van der Waals surface area contributed by atoms with Crippen LogP contribution in [0.25, 0.3) is 11.1 Å². The summed E-state index contributed by atoms with van der Waals surface area (Å²) in [4.78, 5) is 21.9. The van der Waals surface area contributed by atoms with Gasteiger partial charge in [-0.15, -0.1) is 0 Å². The summed E-state index contributed by atoms with van der Waals surface area (Å²) in [5.41, 5.74) is 6.08. The Morgan fingerprint density at radius 3 is 2.88 bits per heavy atom. The maximum absolute atomic E-state index is 13.1. The first-order chi connectivity index (χ1) is 15.4. The molecule has 1 aliphatic heterocycles. The van der Waals surface area contributed by atoms with E-state index in [2.05, 4.69) is 51.9 Å². The van der Waals surface area contributed by atoms with Crippen LogP contribution < -0.4 is 5.32 Å². The molecular formula is C26H31N5O. The first-order valence-corrected chi connectivity index (χ1v) is 11.6. The van der Waals surface area contributed by atoms with Crippen molar-refractivity contribution in [3.05, 3.63) is 59.8 Å². The normalized spacial score (nSPS) is 21.8. The zero-order chi connectivity index (χ0) is 22.3. The number of carbonyl (C=O) groups is 1. The first kappa shape index (κ1) is 20.9. The monoisotopic (exact) mass is 429 g/mol. The summed E-state index contributed by atoms with van der Waals surface area (Å²) in [6.45, 7) is 7.56. The lowest BCUT2D eigenvalue weighted by Crippen LogP contribution is -2.27. The van der Waals surface area contributed by atoms with Crippen molar-refractivity contribution in [1.82, 2.24) is 19.7 Å². The second-order valence-corrected chi connectivity index (χ2v) is 10.2. The Kier molecular flexibility index (Phi) is 5.31. The minimum absolute atomic E-state index is 0.00158. The van der Waals surface area contributed by atoms with Gasteiger partial charge in [-0.1, -0.05) is 26.3 Å². The molecule has 0 radical (unpaired) electrons. The molecule has 6 nitrogen and oxygen atoms in total. The minimum Gasteiger partial charge on any atom is -0.310 e.